The SMILES string of the molecule is Cc1c(C(C)(C)C)c(C(C)(C)C)nn1C(C)C. The molecule has 0 atom stereocenters. The van der Waals surface area contributed by atoms with Gasteiger partial charge in [0.2, 0.25) is 0 Å². The molecule has 0 unspecified atom stereocenters. The lowest BCUT2D eigenvalue weighted by atomic mass is 9.78. The van der Waals surface area contributed by atoms with Crippen molar-refractivity contribution in [3.63, 3.8) is 0 Å². The smallest absolute Gasteiger partial charge is 0.0718 e. The molecule has 0 aliphatic carbocycles. The summed E-state index contributed by atoms with van der Waals surface area (Å²) >= 11 is 0. The molecule has 0 spiro atoms. The molecule has 0 saturated carbocycles. The monoisotopic (exact) mass is 236 g/mol. The van der Waals surface area contributed by atoms with Gasteiger partial charge in [0.05, 0.1) is 5.69 Å². The molecule has 2 heteroatoms. The minimum atomic E-state index is 0.105. The Morgan fingerprint density at radius 2 is 1.41 bits per heavy atom. The molecule has 0 aliphatic rings. The first-order valence-corrected chi connectivity index (χ1v) is 6.56. The van der Waals surface area contributed by atoms with Crippen LogP contribution in [0.3, 0.4) is 0 Å². The number of aromatic nitrogens is 2. The van der Waals surface area contributed by atoms with Gasteiger partial charge in [0.25, 0.3) is 0 Å². The quantitative estimate of drug-likeness (QED) is 0.708. The second-order valence-corrected chi connectivity index (χ2v) is 7.35. The number of hydrogen-bond donors (Lipinski definition) is 0. The number of nitrogens with zero attached hydrogens (tertiary/aromatic N) is 2. The third-order valence-electron chi connectivity index (χ3n) is 3.10. The van der Waals surface area contributed by atoms with Gasteiger partial charge in [-0.25, -0.2) is 0 Å². The van der Waals surface area contributed by atoms with Crippen LogP contribution in [0, 0.1) is 6.92 Å². The van der Waals surface area contributed by atoms with Crippen molar-refractivity contribution >= 4 is 0 Å². The molecular formula is C15H28N2. The molecule has 17 heavy (non-hydrogen) atoms. The summed E-state index contributed by atoms with van der Waals surface area (Å²) in [5, 5.41) is 4.86. The van der Waals surface area contributed by atoms with E-state index in [1.54, 1.807) is 0 Å². The van der Waals surface area contributed by atoms with E-state index in [0.29, 0.717) is 6.04 Å². The summed E-state index contributed by atoms with van der Waals surface area (Å²) in [6.07, 6.45) is 0. The molecule has 98 valence electrons. The molecule has 0 radical (unpaired) electrons. The summed E-state index contributed by atoms with van der Waals surface area (Å²) in [5.74, 6) is 0. The van der Waals surface area contributed by atoms with E-state index in [1.165, 1.54) is 17.0 Å². The van der Waals surface area contributed by atoms with Crippen molar-refractivity contribution in [1.29, 1.82) is 0 Å². The highest BCUT2D eigenvalue weighted by Gasteiger charge is 2.31. The Kier molecular flexibility index (Phi) is 3.48. The van der Waals surface area contributed by atoms with Crippen LogP contribution in [0.5, 0.6) is 0 Å². The number of rotatable bonds is 1. The minimum Gasteiger partial charge on any atom is -0.267 e. The Hall–Kier alpha value is -0.790. The molecule has 2 nitrogen and oxygen atoms in total. The van der Waals surface area contributed by atoms with Crippen LogP contribution in [0.1, 0.15) is 78.4 Å². The Morgan fingerprint density at radius 1 is 0.941 bits per heavy atom. The Bertz CT molecular complexity index is 398. The van der Waals surface area contributed by atoms with Gasteiger partial charge in [-0.2, -0.15) is 5.10 Å². The minimum absolute atomic E-state index is 0.105. The van der Waals surface area contributed by atoms with Crippen molar-refractivity contribution in [2.45, 2.75) is 79.2 Å². The lowest BCUT2D eigenvalue weighted by Gasteiger charge is -2.25. The van der Waals surface area contributed by atoms with Crippen molar-refractivity contribution in [1.82, 2.24) is 9.78 Å². The van der Waals surface area contributed by atoms with Gasteiger partial charge in [0.15, 0.2) is 0 Å². The van der Waals surface area contributed by atoms with Crippen molar-refractivity contribution in [2.24, 2.45) is 0 Å². The molecule has 1 heterocycles. The average molecular weight is 236 g/mol. The first kappa shape index (κ1) is 14.3. The summed E-state index contributed by atoms with van der Waals surface area (Å²) in [6.45, 7) is 20.1. The van der Waals surface area contributed by atoms with Gasteiger partial charge in [0, 0.05) is 22.7 Å². The Balaban J connectivity index is 3.55. The third kappa shape index (κ3) is 2.72. The molecule has 1 aromatic rings. The van der Waals surface area contributed by atoms with E-state index in [2.05, 4.69) is 67.0 Å². The van der Waals surface area contributed by atoms with Gasteiger partial charge >= 0.3 is 0 Å². The van der Waals surface area contributed by atoms with Crippen LogP contribution in [-0.2, 0) is 10.8 Å². The van der Waals surface area contributed by atoms with E-state index < -0.39 is 0 Å². The van der Waals surface area contributed by atoms with Crippen LogP contribution in [0.15, 0.2) is 0 Å². The highest BCUT2D eigenvalue weighted by Crippen LogP contribution is 2.36. The van der Waals surface area contributed by atoms with E-state index in [1.807, 2.05) is 0 Å². The molecule has 0 aliphatic heterocycles. The second kappa shape index (κ2) is 4.15. The van der Waals surface area contributed by atoms with Gasteiger partial charge in [-0.05, 0) is 26.2 Å². The largest absolute Gasteiger partial charge is 0.267 e. The van der Waals surface area contributed by atoms with Crippen molar-refractivity contribution < 1.29 is 0 Å². The van der Waals surface area contributed by atoms with Gasteiger partial charge in [-0.3, -0.25) is 4.68 Å². The highest BCUT2D eigenvalue weighted by molar-refractivity contribution is 5.36. The van der Waals surface area contributed by atoms with Crippen molar-refractivity contribution in [3.8, 4) is 0 Å². The van der Waals surface area contributed by atoms with E-state index in [4.69, 9.17) is 5.10 Å². The summed E-state index contributed by atoms with van der Waals surface area (Å²) in [7, 11) is 0. The van der Waals surface area contributed by atoms with Crippen LogP contribution in [0.2, 0.25) is 0 Å². The summed E-state index contributed by atoms with van der Waals surface area (Å²) < 4.78 is 2.17. The van der Waals surface area contributed by atoms with Gasteiger partial charge in [-0.15, -0.1) is 0 Å². The fourth-order valence-corrected chi connectivity index (χ4v) is 2.44. The third-order valence-corrected chi connectivity index (χ3v) is 3.10. The summed E-state index contributed by atoms with van der Waals surface area (Å²) in [5.41, 5.74) is 4.24. The molecule has 0 fully saturated rings. The molecule has 0 N–H and O–H groups in total. The van der Waals surface area contributed by atoms with Gasteiger partial charge in [-0.1, -0.05) is 41.5 Å². The van der Waals surface area contributed by atoms with Crippen LogP contribution in [0.25, 0.3) is 0 Å². The standard InChI is InChI=1S/C15H28N2/c1-10(2)17-11(3)12(14(4,5)6)13(16-17)15(7,8)9/h10H,1-9H3. The highest BCUT2D eigenvalue weighted by atomic mass is 15.3. The maximum atomic E-state index is 4.86. The molecule has 0 amide bonds. The predicted octanol–water partition coefficient (Wildman–Crippen LogP) is 4.37. The van der Waals surface area contributed by atoms with Gasteiger partial charge < -0.3 is 0 Å². The van der Waals surface area contributed by atoms with E-state index in [0.717, 1.165) is 0 Å². The topological polar surface area (TPSA) is 17.8 Å². The van der Waals surface area contributed by atoms with Crippen molar-refractivity contribution in [3.05, 3.63) is 17.0 Å². The zero-order valence-corrected chi connectivity index (χ0v) is 13.0. The lowest BCUT2D eigenvalue weighted by Crippen LogP contribution is -2.21. The van der Waals surface area contributed by atoms with E-state index >= 15 is 0 Å². The predicted molar refractivity (Wildman–Crippen MR) is 74.7 cm³/mol. The lowest BCUT2D eigenvalue weighted by molar-refractivity contribution is 0.486. The van der Waals surface area contributed by atoms with Crippen LogP contribution >= 0.6 is 0 Å². The average Bonchev–Trinajstić information content (AvgIpc) is 2.40. The molecule has 0 bridgehead atoms. The van der Waals surface area contributed by atoms with Crippen LogP contribution < -0.4 is 0 Å². The van der Waals surface area contributed by atoms with Gasteiger partial charge in [0.1, 0.15) is 0 Å². The Morgan fingerprint density at radius 3 is 1.65 bits per heavy atom. The molecule has 1 aromatic heterocycles. The zero-order chi connectivity index (χ0) is 13.6. The summed E-state index contributed by atoms with van der Waals surface area (Å²) in [4.78, 5) is 0. The first-order valence-electron chi connectivity index (χ1n) is 6.56. The first-order chi connectivity index (χ1) is 7.46. The number of hydrogen-bond acceptors (Lipinski definition) is 1. The normalized spacial score (nSPS) is 13.5. The molecular weight excluding hydrogens is 208 g/mol. The van der Waals surface area contributed by atoms with E-state index in [-0.39, 0.29) is 10.8 Å². The summed E-state index contributed by atoms with van der Waals surface area (Å²) in [6, 6.07) is 0.423. The molecule has 1 rings (SSSR count). The fraction of sp³-hybridized carbons (Fsp3) is 0.800. The maximum Gasteiger partial charge on any atom is 0.0718 e. The van der Waals surface area contributed by atoms with Crippen LogP contribution in [-0.4, -0.2) is 9.78 Å². The maximum absolute atomic E-state index is 4.86. The second-order valence-electron chi connectivity index (χ2n) is 7.35. The fourth-order valence-electron chi connectivity index (χ4n) is 2.44. The van der Waals surface area contributed by atoms with Crippen LogP contribution in [0.4, 0.5) is 0 Å². The van der Waals surface area contributed by atoms with E-state index in [9.17, 15) is 0 Å². The molecule has 0 aromatic carbocycles. The van der Waals surface area contributed by atoms with Crippen molar-refractivity contribution in [2.75, 3.05) is 0 Å². The zero-order valence-electron chi connectivity index (χ0n) is 13.0. The Labute approximate surface area is 106 Å². The molecule has 0 saturated heterocycles.